The van der Waals surface area contributed by atoms with Gasteiger partial charge >= 0.3 is 0 Å². The Kier molecular flexibility index (Phi) is 4.48. The van der Waals surface area contributed by atoms with Gasteiger partial charge in [-0.3, -0.25) is 0 Å². The topological polar surface area (TPSA) is 39.7 Å². The highest BCUT2D eigenvalue weighted by Crippen LogP contribution is 2.38. The van der Waals surface area contributed by atoms with Gasteiger partial charge in [0.2, 0.25) is 0 Å². The van der Waals surface area contributed by atoms with E-state index in [1.165, 1.54) is 18.4 Å². The normalized spacial score (nSPS) is 24.9. The molecule has 1 heterocycles. The molecule has 2 aliphatic rings. The molecule has 1 saturated carbocycles. The molecule has 1 fully saturated rings. The summed E-state index contributed by atoms with van der Waals surface area (Å²) < 4.78 is 17.7. The lowest BCUT2D eigenvalue weighted by Gasteiger charge is -2.22. The van der Waals surface area contributed by atoms with Crippen LogP contribution in [0.2, 0.25) is 0 Å². The van der Waals surface area contributed by atoms with Crippen LogP contribution in [0, 0.1) is 0 Å². The van der Waals surface area contributed by atoms with Gasteiger partial charge in [0.15, 0.2) is 11.5 Å². The Bertz CT molecular complexity index is 480. The van der Waals surface area contributed by atoms with Crippen LogP contribution in [0.15, 0.2) is 16.6 Å². The molecule has 5 heteroatoms. The van der Waals surface area contributed by atoms with Crippen LogP contribution in [0.5, 0.6) is 11.5 Å². The monoisotopic (exact) mass is 341 g/mol. The van der Waals surface area contributed by atoms with E-state index in [2.05, 4.69) is 33.4 Å². The van der Waals surface area contributed by atoms with Gasteiger partial charge in [-0.15, -0.1) is 0 Å². The fourth-order valence-electron chi connectivity index (χ4n) is 2.96. The molecular formula is C15H20BrNO3. The molecule has 0 aromatic heterocycles. The second-order valence-corrected chi connectivity index (χ2v) is 6.15. The molecule has 0 spiro atoms. The van der Waals surface area contributed by atoms with Crippen LogP contribution in [0.4, 0.5) is 0 Å². The molecule has 1 aromatic carbocycles. The van der Waals surface area contributed by atoms with Gasteiger partial charge in [-0.1, -0.05) is 0 Å². The number of nitrogens with one attached hydrogen (secondary N) is 1. The van der Waals surface area contributed by atoms with Crippen LogP contribution in [0.3, 0.4) is 0 Å². The number of methoxy groups -OCH3 is 1. The minimum absolute atomic E-state index is 0.343. The summed E-state index contributed by atoms with van der Waals surface area (Å²) in [6.07, 6.45) is 3.92. The quantitative estimate of drug-likeness (QED) is 0.913. The molecule has 2 atom stereocenters. The summed E-state index contributed by atoms with van der Waals surface area (Å²) in [7, 11) is 1.80. The van der Waals surface area contributed by atoms with Crippen molar-refractivity contribution in [1.29, 1.82) is 0 Å². The van der Waals surface area contributed by atoms with Gasteiger partial charge < -0.3 is 19.5 Å². The minimum Gasteiger partial charge on any atom is -0.486 e. The van der Waals surface area contributed by atoms with E-state index in [1.807, 2.05) is 0 Å². The third-order valence-electron chi connectivity index (χ3n) is 3.98. The van der Waals surface area contributed by atoms with E-state index in [-0.39, 0.29) is 0 Å². The van der Waals surface area contributed by atoms with E-state index in [0.29, 0.717) is 25.4 Å². The predicted molar refractivity (Wildman–Crippen MR) is 80.4 cm³/mol. The second-order valence-electron chi connectivity index (χ2n) is 5.29. The first kappa shape index (κ1) is 14.2. The lowest BCUT2D eigenvalue weighted by atomic mass is 10.1. The van der Waals surface area contributed by atoms with E-state index < -0.39 is 0 Å². The highest BCUT2D eigenvalue weighted by atomic mass is 79.9. The van der Waals surface area contributed by atoms with Crippen molar-refractivity contribution in [2.75, 3.05) is 20.3 Å². The maximum Gasteiger partial charge on any atom is 0.175 e. The zero-order valence-electron chi connectivity index (χ0n) is 11.7. The molecule has 1 aliphatic carbocycles. The van der Waals surface area contributed by atoms with Gasteiger partial charge in [0, 0.05) is 19.7 Å². The Morgan fingerprint density at radius 2 is 2.15 bits per heavy atom. The summed E-state index contributed by atoms with van der Waals surface area (Å²) in [5.41, 5.74) is 1.20. The number of fused-ring (bicyclic) bond motifs is 1. The standard InChI is InChI=1S/C15H20BrNO3/c1-18-13-4-2-3-12(13)17-9-10-7-11(16)15-14(8-10)19-5-6-20-15/h7-8,12-13,17H,2-6,9H2,1H3. The van der Waals surface area contributed by atoms with Gasteiger partial charge in [-0.25, -0.2) is 0 Å². The van der Waals surface area contributed by atoms with Gasteiger partial charge in [0.25, 0.3) is 0 Å². The fourth-order valence-corrected chi connectivity index (χ4v) is 3.56. The average molecular weight is 342 g/mol. The predicted octanol–water partition coefficient (Wildman–Crippen LogP) is 2.88. The molecule has 1 aliphatic heterocycles. The number of rotatable bonds is 4. The maximum absolute atomic E-state index is 5.65. The molecular weight excluding hydrogens is 322 g/mol. The Balaban J connectivity index is 1.67. The highest BCUT2D eigenvalue weighted by Gasteiger charge is 2.26. The molecule has 110 valence electrons. The molecule has 3 rings (SSSR count). The van der Waals surface area contributed by atoms with Crippen molar-refractivity contribution in [2.24, 2.45) is 0 Å². The molecule has 0 radical (unpaired) electrons. The minimum atomic E-state index is 0.343. The Hall–Kier alpha value is -0.780. The number of ether oxygens (including phenoxy) is 3. The van der Waals surface area contributed by atoms with E-state index in [9.17, 15) is 0 Å². The van der Waals surface area contributed by atoms with Crippen molar-refractivity contribution in [3.05, 3.63) is 22.2 Å². The Labute approximate surface area is 127 Å². The largest absolute Gasteiger partial charge is 0.486 e. The van der Waals surface area contributed by atoms with E-state index >= 15 is 0 Å². The molecule has 1 N–H and O–H groups in total. The summed E-state index contributed by atoms with van der Waals surface area (Å²) in [5.74, 6) is 1.65. The van der Waals surface area contributed by atoms with Crippen molar-refractivity contribution in [2.45, 2.75) is 38.0 Å². The summed E-state index contributed by atoms with van der Waals surface area (Å²) in [6, 6.07) is 4.60. The molecule has 0 amide bonds. The summed E-state index contributed by atoms with van der Waals surface area (Å²) >= 11 is 3.55. The fraction of sp³-hybridized carbons (Fsp3) is 0.600. The first-order chi connectivity index (χ1) is 9.78. The number of benzene rings is 1. The van der Waals surface area contributed by atoms with Crippen molar-refractivity contribution in [3.63, 3.8) is 0 Å². The molecule has 0 saturated heterocycles. The summed E-state index contributed by atoms with van der Waals surface area (Å²) in [6.45, 7) is 2.05. The smallest absolute Gasteiger partial charge is 0.175 e. The number of halogens is 1. The van der Waals surface area contributed by atoms with E-state index in [4.69, 9.17) is 14.2 Å². The molecule has 0 bridgehead atoms. The van der Waals surface area contributed by atoms with Crippen LogP contribution in [0.25, 0.3) is 0 Å². The van der Waals surface area contributed by atoms with E-state index in [0.717, 1.165) is 28.9 Å². The van der Waals surface area contributed by atoms with Crippen molar-refractivity contribution in [3.8, 4) is 11.5 Å². The third-order valence-corrected chi connectivity index (χ3v) is 4.57. The third kappa shape index (κ3) is 2.95. The zero-order valence-corrected chi connectivity index (χ0v) is 13.2. The molecule has 4 nitrogen and oxygen atoms in total. The zero-order chi connectivity index (χ0) is 13.9. The van der Waals surface area contributed by atoms with Gasteiger partial charge in [-0.05, 0) is 52.9 Å². The van der Waals surface area contributed by atoms with Gasteiger partial charge in [-0.2, -0.15) is 0 Å². The van der Waals surface area contributed by atoms with Gasteiger partial charge in [0.05, 0.1) is 10.6 Å². The first-order valence-electron chi connectivity index (χ1n) is 7.12. The lowest BCUT2D eigenvalue weighted by molar-refractivity contribution is 0.0847. The van der Waals surface area contributed by atoms with Crippen LogP contribution < -0.4 is 14.8 Å². The first-order valence-corrected chi connectivity index (χ1v) is 7.91. The molecule has 20 heavy (non-hydrogen) atoms. The average Bonchev–Trinajstić information content (AvgIpc) is 2.93. The molecule has 2 unspecified atom stereocenters. The number of hydrogen-bond acceptors (Lipinski definition) is 4. The van der Waals surface area contributed by atoms with Crippen LogP contribution >= 0.6 is 15.9 Å². The van der Waals surface area contributed by atoms with E-state index in [1.54, 1.807) is 7.11 Å². The Morgan fingerprint density at radius 1 is 1.30 bits per heavy atom. The lowest BCUT2D eigenvalue weighted by Crippen LogP contribution is -2.36. The van der Waals surface area contributed by atoms with Crippen molar-refractivity contribution in [1.82, 2.24) is 5.32 Å². The summed E-state index contributed by atoms with van der Waals surface area (Å²) in [4.78, 5) is 0. The SMILES string of the molecule is COC1CCCC1NCc1cc(Br)c2c(c1)OCCO2. The van der Waals surface area contributed by atoms with Crippen LogP contribution in [-0.2, 0) is 11.3 Å². The van der Waals surface area contributed by atoms with Crippen LogP contribution in [-0.4, -0.2) is 32.5 Å². The molecule has 1 aromatic rings. The summed E-state index contributed by atoms with van der Waals surface area (Å²) in [5, 5.41) is 3.59. The highest BCUT2D eigenvalue weighted by molar-refractivity contribution is 9.10. The maximum atomic E-state index is 5.65. The number of hydrogen-bond donors (Lipinski definition) is 1. The van der Waals surface area contributed by atoms with Crippen molar-refractivity contribution < 1.29 is 14.2 Å². The van der Waals surface area contributed by atoms with Crippen LogP contribution in [0.1, 0.15) is 24.8 Å². The van der Waals surface area contributed by atoms with Gasteiger partial charge in [0.1, 0.15) is 13.2 Å². The second kappa shape index (κ2) is 6.33. The Morgan fingerprint density at radius 3 is 3.00 bits per heavy atom. The van der Waals surface area contributed by atoms with Crippen molar-refractivity contribution >= 4 is 15.9 Å².